The molecule has 5 rings (SSSR count). The van der Waals surface area contributed by atoms with Crippen LogP contribution in [0.5, 0.6) is 0 Å². The van der Waals surface area contributed by atoms with Gasteiger partial charge in [0.05, 0.1) is 29.5 Å². The Kier molecular flexibility index (Phi) is 5.30. The van der Waals surface area contributed by atoms with Crippen molar-refractivity contribution in [2.75, 3.05) is 18.5 Å². The van der Waals surface area contributed by atoms with Crippen molar-refractivity contribution in [1.29, 1.82) is 0 Å². The molecule has 0 radical (unpaired) electrons. The molecule has 0 unspecified atom stereocenters. The largest absolute Gasteiger partial charge is 0.395 e. The van der Waals surface area contributed by atoms with Crippen molar-refractivity contribution in [2.24, 2.45) is 0 Å². The molecule has 1 aliphatic carbocycles. The van der Waals surface area contributed by atoms with Gasteiger partial charge in [-0.3, -0.25) is 4.40 Å². The highest BCUT2D eigenvalue weighted by atomic mass is 35.5. The molecule has 6 nitrogen and oxygen atoms in total. The molecule has 2 aromatic carbocycles. The van der Waals surface area contributed by atoms with E-state index in [4.69, 9.17) is 16.6 Å². The van der Waals surface area contributed by atoms with E-state index in [9.17, 15) is 5.11 Å². The molecule has 2 heterocycles. The van der Waals surface area contributed by atoms with E-state index in [1.807, 2.05) is 12.3 Å². The molecule has 7 heteroatoms. The van der Waals surface area contributed by atoms with Gasteiger partial charge in [0.1, 0.15) is 0 Å². The molecule has 0 atom stereocenters. The predicted molar refractivity (Wildman–Crippen MR) is 126 cm³/mol. The number of hydrogen-bond acceptors (Lipinski definition) is 5. The Balaban J connectivity index is 1.65. The lowest BCUT2D eigenvalue weighted by atomic mass is 10.1. The van der Waals surface area contributed by atoms with Gasteiger partial charge < -0.3 is 15.7 Å². The SMILES string of the molecule is Cc1cc2nc(NCCO)c3ncc(-c4ccc(CNC5CC5)c(Cl)c4)n3c2cc1C. The molecule has 31 heavy (non-hydrogen) atoms. The van der Waals surface area contributed by atoms with Crippen LogP contribution in [0.3, 0.4) is 0 Å². The van der Waals surface area contributed by atoms with E-state index in [2.05, 4.69) is 58.1 Å². The number of hydrogen-bond donors (Lipinski definition) is 3. The monoisotopic (exact) mass is 435 g/mol. The standard InChI is InChI=1S/C24H26ClN5O/c1-14-9-20-21(10-15(14)2)30-22(13-28-24(30)23(29-20)26-7-8-31)16-3-4-17(19(25)11-16)12-27-18-5-6-18/h3-4,9-11,13,18,27,31H,5-8,12H2,1-2H3,(H,26,29). The molecular formula is C24H26ClN5O. The highest BCUT2D eigenvalue weighted by Crippen LogP contribution is 2.32. The summed E-state index contributed by atoms with van der Waals surface area (Å²) < 4.78 is 2.13. The maximum Gasteiger partial charge on any atom is 0.181 e. The molecule has 3 N–H and O–H groups in total. The van der Waals surface area contributed by atoms with Gasteiger partial charge in [-0.2, -0.15) is 0 Å². The molecule has 0 amide bonds. The summed E-state index contributed by atoms with van der Waals surface area (Å²) in [5.74, 6) is 0.660. The molecular weight excluding hydrogens is 410 g/mol. The van der Waals surface area contributed by atoms with E-state index in [1.165, 1.54) is 24.0 Å². The summed E-state index contributed by atoms with van der Waals surface area (Å²) in [4.78, 5) is 9.46. The Morgan fingerprint density at radius 1 is 1.16 bits per heavy atom. The average Bonchev–Trinajstić information content (AvgIpc) is 3.48. The Morgan fingerprint density at radius 3 is 2.71 bits per heavy atom. The summed E-state index contributed by atoms with van der Waals surface area (Å²) in [6.45, 7) is 5.42. The number of anilines is 1. The Hall–Kier alpha value is -2.67. The first-order chi connectivity index (χ1) is 15.0. The molecule has 0 aliphatic heterocycles. The molecule has 4 aromatic rings. The summed E-state index contributed by atoms with van der Waals surface area (Å²) in [5, 5.41) is 16.8. The highest BCUT2D eigenvalue weighted by molar-refractivity contribution is 6.31. The van der Waals surface area contributed by atoms with Crippen LogP contribution in [0.4, 0.5) is 5.82 Å². The van der Waals surface area contributed by atoms with E-state index in [0.717, 1.165) is 45.1 Å². The zero-order valence-corrected chi connectivity index (χ0v) is 18.5. The number of nitrogens with zero attached hydrogens (tertiary/aromatic N) is 3. The third-order valence-electron chi connectivity index (χ3n) is 5.95. The molecule has 0 bridgehead atoms. The van der Waals surface area contributed by atoms with Crippen molar-refractivity contribution < 1.29 is 5.11 Å². The first kappa shape index (κ1) is 20.2. The normalized spacial score (nSPS) is 13.9. The van der Waals surface area contributed by atoms with Gasteiger partial charge in [-0.1, -0.05) is 23.7 Å². The number of aryl methyl sites for hydroxylation is 2. The molecule has 1 aliphatic rings. The van der Waals surface area contributed by atoms with Crippen LogP contribution in [0.2, 0.25) is 5.02 Å². The van der Waals surface area contributed by atoms with Gasteiger partial charge in [0.2, 0.25) is 0 Å². The Bertz CT molecular complexity index is 1280. The van der Waals surface area contributed by atoms with Gasteiger partial charge >= 0.3 is 0 Å². The first-order valence-corrected chi connectivity index (χ1v) is 11.1. The number of nitrogens with one attached hydrogen (secondary N) is 2. The van der Waals surface area contributed by atoms with Crippen LogP contribution in [-0.2, 0) is 6.54 Å². The Morgan fingerprint density at radius 2 is 1.97 bits per heavy atom. The predicted octanol–water partition coefficient (Wildman–Crippen LogP) is 4.48. The minimum atomic E-state index is 0.0261. The number of aliphatic hydroxyl groups is 1. The van der Waals surface area contributed by atoms with Crippen LogP contribution in [0, 0.1) is 13.8 Å². The van der Waals surface area contributed by atoms with Crippen molar-refractivity contribution in [1.82, 2.24) is 19.7 Å². The van der Waals surface area contributed by atoms with Crippen LogP contribution in [0.1, 0.15) is 29.5 Å². The minimum absolute atomic E-state index is 0.0261. The van der Waals surface area contributed by atoms with Gasteiger partial charge in [0, 0.05) is 29.7 Å². The van der Waals surface area contributed by atoms with Crippen molar-refractivity contribution in [3.8, 4) is 11.3 Å². The van der Waals surface area contributed by atoms with Crippen LogP contribution in [0.15, 0.2) is 36.5 Å². The number of imidazole rings is 1. The smallest absolute Gasteiger partial charge is 0.181 e. The minimum Gasteiger partial charge on any atom is -0.395 e. The van der Waals surface area contributed by atoms with Gasteiger partial charge in [-0.25, -0.2) is 9.97 Å². The lowest BCUT2D eigenvalue weighted by Gasteiger charge is -2.13. The van der Waals surface area contributed by atoms with Crippen molar-refractivity contribution in [2.45, 2.75) is 39.3 Å². The summed E-state index contributed by atoms with van der Waals surface area (Å²) >= 11 is 6.64. The van der Waals surface area contributed by atoms with E-state index in [0.29, 0.717) is 18.4 Å². The fourth-order valence-corrected chi connectivity index (χ4v) is 4.12. The maximum absolute atomic E-state index is 9.28. The second kappa shape index (κ2) is 8.11. The fraction of sp³-hybridized carbons (Fsp3) is 0.333. The van der Waals surface area contributed by atoms with E-state index < -0.39 is 0 Å². The van der Waals surface area contributed by atoms with Crippen LogP contribution < -0.4 is 10.6 Å². The third kappa shape index (κ3) is 3.87. The molecule has 0 spiro atoms. The molecule has 0 saturated heterocycles. The summed E-state index contributed by atoms with van der Waals surface area (Å²) in [6.07, 6.45) is 4.37. The maximum atomic E-state index is 9.28. The van der Waals surface area contributed by atoms with Gasteiger partial charge in [0.25, 0.3) is 0 Å². The quantitative estimate of drug-likeness (QED) is 0.399. The third-order valence-corrected chi connectivity index (χ3v) is 6.30. The number of aliphatic hydroxyl groups excluding tert-OH is 1. The van der Waals surface area contributed by atoms with Crippen molar-refractivity contribution in [3.05, 3.63) is 58.2 Å². The van der Waals surface area contributed by atoms with E-state index in [1.54, 1.807) is 0 Å². The fourth-order valence-electron chi connectivity index (χ4n) is 3.88. The zero-order chi connectivity index (χ0) is 21.5. The topological polar surface area (TPSA) is 74.5 Å². The number of aromatic nitrogens is 3. The second-order valence-electron chi connectivity index (χ2n) is 8.30. The number of rotatable bonds is 7. The van der Waals surface area contributed by atoms with Crippen LogP contribution in [-0.4, -0.2) is 38.7 Å². The number of benzene rings is 2. The van der Waals surface area contributed by atoms with Gasteiger partial charge in [-0.05, 0) is 61.6 Å². The average molecular weight is 436 g/mol. The van der Waals surface area contributed by atoms with E-state index >= 15 is 0 Å². The lowest BCUT2D eigenvalue weighted by molar-refractivity contribution is 0.311. The van der Waals surface area contributed by atoms with Gasteiger partial charge in [-0.15, -0.1) is 0 Å². The van der Waals surface area contributed by atoms with Gasteiger partial charge in [0.15, 0.2) is 11.5 Å². The number of halogens is 1. The summed E-state index contributed by atoms with van der Waals surface area (Å²) in [7, 11) is 0. The summed E-state index contributed by atoms with van der Waals surface area (Å²) in [6, 6.07) is 11.1. The molecule has 1 saturated carbocycles. The van der Waals surface area contributed by atoms with Crippen molar-refractivity contribution in [3.63, 3.8) is 0 Å². The first-order valence-electron chi connectivity index (χ1n) is 10.7. The number of fused-ring (bicyclic) bond motifs is 3. The van der Waals surface area contributed by atoms with Crippen LogP contribution in [0.25, 0.3) is 27.9 Å². The van der Waals surface area contributed by atoms with Crippen molar-refractivity contribution >= 4 is 34.1 Å². The summed E-state index contributed by atoms with van der Waals surface area (Å²) in [5.41, 5.74) is 8.06. The zero-order valence-electron chi connectivity index (χ0n) is 17.7. The second-order valence-corrected chi connectivity index (χ2v) is 8.71. The molecule has 2 aromatic heterocycles. The van der Waals surface area contributed by atoms with E-state index in [-0.39, 0.29) is 6.61 Å². The molecule has 160 valence electrons. The Labute approximate surface area is 186 Å². The lowest BCUT2D eigenvalue weighted by Crippen LogP contribution is -2.15. The molecule has 1 fully saturated rings. The highest BCUT2D eigenvalue weighted by Gasteiger charge is 2.21. The van der Waals surface area contributed by atoms with Crippen LogP contribution >= 0.6 is 11.6 Å².